The number of aliphatic hydroxyl groups is 1. The maximum atomic E-state index is 13.0. The average Bonchev–Trinajstić information content (AvgIpc) is 3.40. The summed E-state index contributed by atoms with van der Waals surface area (Å²) in [5.41, 5.74) is 7.87. The summed E-state index contributed by atoms with van der Waals surface area (Å²) >= 11 is 0. The lowest BCUT2D eigenvalue weighted by atomic mass is 9.89. The van der Waals surface area contributed by atoms with Crippen LogP contribution in [0.2, 0.25) is 0 Å². The molecule has 0 bridgehead atoms. The second kappa shape index (κ2) is 14.5. The van der Waals surface area contributed by atoms with Crippen LogP contribution >= 0.6 is 0 Å². The lowest BCUT2D eigenvalue weighted by Gasteiger charge is -2.43. The monoisotopic (exact) mass is 666 g/mol. The van der Waals surface area contributed by atoms with Gasteiger partial charge in [-0.3, -0.25) is 19.4 Å². The van der Waals surface area contributed by atoms with Crippen molar-refractivity contribution in [2.24, 2.45) is 5.92 Å². The number of imide groups is 1. The molecule has 254 valence electrons. The molecule has 7 nitrogen and oxygen atoms in total. The van der Waals surface area contributed by atoms with Crippen LogP contribution in [0.5, 0.6) is 0 Å². The Kier molecular flexibility index (Phi) is 9.74. The molecule has 5 atom stereocenters. The highest BCUT2D eigenvalue weighted by Gasteiger charge is 2.39. The molecule has 0 unspecified atom stereocenters. The minimum absolute atomic E-state index is 0.00406. The zero-order chi connectivity index (χ0) is 34.8. The summed E-state index contributed by atoms with van der Waals surface area (Å²) in [4.78, 5) is 29.6. The third kappa shape index (κ3) is 6.78. The van der Waals surface area contributed by atoms with E-state index < -0.39 is 6.29 Å². The summed E-state index contributed by atoms with van der Waals surface area (Å²) in [6.07, 6.45) is -0.885. The Labute approximate surface area is 293 Å². The van der Waals surface area contributed by atoms with Crippen LogP contribution in [0.15, 0.2) is 127 Å². The van der Waals surface area contributed by atoms with Gasteiger partial charge < -0.3 is 14.6 Å². The Morgan fingerprint density at radius 2 is 1.36 bits per heavy atom. The zero-order valence-corrected chi connectivity index (χ0v) is 28.6. The predicted octanol–water partition coefficient (Wildman–Crippen LogP) is 8.13. The van der Waals surface area contributed by atoms with Gasteiger partial charge >= 0.3 is 0 Å². The first-order chi connectivity index (χ1) is 24.3. The third-order valence-corrected chi connectivity index (χ3v) is 10.2. The van der Waals surface area contributed by atoms with E-state index in [-0.39, 0.29) is 49.1 Å². The SMILES string of the molecule is C[C@H]1[C@@H](CN(C)[C@@H](C)c2ccccc2)O[C@@H](c2ccc(-c3cccc(CN4C(=O)c5ccccc5C4=O)c3)cc2)O[C@H]1c1ccc(CO)cc1. The number of hydrogen-bond donors (Lipinski definition) is 1. The quantitative estimate of drug-likeness (QED) is 0.152. The van der Waals surface area contributed by atoms with Crippen molar-refractivity contribution in [3.8, 4) is 11.1 Å². The van der Waals surface area contributed by atoms with Crippen LogP contribution in [0.3, 0.4) is 0 Å². The van der Waals surface area contributed by atoms with Crippen LogP contribution in [0.25, 0.3) is 11.1 Å². The van der Waals surface area contributed by atoms with Crippen molar-refractivity contribution >= 4 is 11.8 Å². The molecular weight excluding hydrogens is 624 g/mol. The van der Waals surface area contributed by atoms with Gasteiger partial charge in [0.25, 0.3) is 11.8 Å². The molecule has 5 aromatic rings. The van der Waals surface area contributed by atoms with Crippen molar-refractivity contribution in [3.05, 3.63) is 166 Å². The number of likely N-dealkylation sites (N-methyl/N-ethyl adjacent to an activating group) is 1. The van der Waals surface area contributed by atoms with E-state index in [1.54, 1.807) is 24.3 Å². The molecule has 1 N–H and O–H groups in total. The highest BCUT2D eigenvalue weighted by Crippen LogP contribution is 2.42. The van der Waals surface area contributed by atoms with Crippen molar-refractivity contribution in [2.75, 3.05) is 13.6 Å². The molecule has 5 aromatic carbocycles. The molecular formula is C43H42N2O5. The third-order valence-electron chi connectivity index (χ3n) is 10.2. The second-order valence-corrected chi connectivity index (χ2v) is 13.4. The van der Waals surface area contributed by atoms with E-state index in [9.17, 15) is 14.7 Å². The van der Waals surface area contributed by atoms with Gasteiger partial charge in [0.2, 0.25) is 0 Å². The minimum Gasteiger partial charge on any atom is -0.392 e. The molecule has 50 heavy (non-hydrogen) atoms. The highest BCUT2D eigenvalue weighted by atomic mass is 16.7. The standard InChI is InChI=1S/C43H42N2O5/c1-28-39(26-44(3)29(2)32-11-5-4-6-12-32)49-43(50-40(28)34-18-16-30(27-46)17-19-34)35-22-20-33(21-23-35)36-13-9-10-31(24-36)25-45-41(47)37-14-7-8-15-38(37)42(45)48/h4-24,28-29,39-40,43,46H,25-27H2,1-3H3/t28-,29-,39+,40+,43+/m0/s1. The topological polar surface area (TPSA) is 79.3 Å². The molecule has 0 saturated carbocycles. The first kappa shape index (κ1) is 33.6. The van der Waals surface area contributed by atoms with Crippen molar-refractivity contribution in [2.45, 2.75) is 51.5 Å². The molecule has 2 heterocycles. The Morgan fingerprint density at radius 1 is 0.720 bits per heavy atom. The van der Waals surface area contributed by atoms with Gasteiger partial charge in [-0.25, -0.2) is 0 Å². The van der Waals surface area contributed by atoms with Gasteiger partial charge in [0.15, 0.2) is 6.29 Å². The minimum atomic E-state index is -0.576. The first-order valence-corrected chi connectivity index (χ1v) is 17.2. The van der Waals surface area contributed by atoms with Gasteiger partial charge in [-0.05, 0) is 65.6 Å². The number of carbonyl (C=O) groups excluding carboxylic acids is 2. The Hall–Kier alpha value is -4.92. The second-order valence-electron chi connectivity index (χ2n) is 13.4. The fraction of sp³-hybridized carbons (Fsp3) is 0.256. The molecule has 2 aliphatic rings. The van der Waals surface area contributed by atoms with Crippen molar-refractivity contribution in [1.82, 2.24) is 9.80 Å². The molecule has 2 amide bonds. The molecule has 0 radical (unpaired) electrons. The van der Waals surface area contributed by atoms with Crippen molar-refractivity contribution in [3.63, 3.8) is 0 Å². The fourth-order valence-corrected chi connectivity index (χ4v) is 7.00. The average molecular weight is 667 g/mol. The number of carbonyl (C=O) groups is 2. The number of amides is 2. The van der Waals surface area contributed by atoms with Gasteiger partial charge in [0.05, 0.1) is 36.5 Å². The van der Waals surface area contributed by atoms with Gasteiger partial charge in [-0.2, -0.15) is 0 Å². The summed E-state index contributed by atoms with van der Waals surface area (Å²) in [5, 5.41) is 9.62. The van der Waals surface area contributed by atoms with E-state index >= 15 is 0 Å². The summed E-state index contributed by atoms with van der Waals surface area (Å²) in [6, 6.07) is 41.8. The molecule has 1 saturated heterocycles. The van der Waals surface area contributed by atoms with E-state index in [1.807, 2.05) is 66.7 Å². The van der Waals surface area contributed by atoms with E-state index in [0.717, 1.165) is 39.9 Å². The molecule has 7 heteroatoms. The number of aliphatic hydroxyl groups excluding tert-OH is 1. The summed E-state index contributed by atoms with van der Waals surface area (Å²) < 4.78 is 13.5. The van der Waals surface area contributed by atoms with E-state index in [2.05, 4.69) is 62.2 Å². The number of nitrogens with zero attached hydrogens (tertiary/aromatic N) is 2. The number of hydrogen-bond acceptors (Lipinski definition) is 6. The summed E-state index contributed by atoms with van der Waals surface area (Å²) in [5.74, 6) is -0.450. The van der Waals surface area contributed by atoms with Crippen LogP contribution in [-0.2, 0) is 22.6 Å². The lowest BCUT2D eigenvalue weighted by molar-refractivity contribution is -0.276. The predicted molar refractivity (Wildman–Crippen MR) is 193 cm³/mol. The van der Waals surface area contributed by atoms with E-state index in [4.69, 9.17) is 9.47 Å². The van der Waals surface area contributed by atoms with Gasteiger partial charge in [0, 0.05) is 24.1 Å². The van der Waals surface area contributed by atoms with Crippen molar-refractivity contribution < 1.29 is 24.2 Å². The molecule has 1 fully saturated rings. The fourth-order valence-electron chi connectivity index (χ4n) is 7.00. The number of rotatable bonds is 10. The summed E-state index contributed by atoms with van der Waals surface area (Å²) in [7, 11) is 2.14. The van der Waals surface area contributed by atoms with Gasteiger partial charge in [-0.15, -0.1) is 0 Å². The number of benzene rings is 5. The van der Waals surface area contributed by atoms with E-state index in [1.165, 1.54) is 10.5 Å². The van der Waals surface area contributed by atoms with Crippen LogP contribution in [-0.4, -0.2) is 46.4 Å². The molecule has 7 rings (SSSR count). The smallest absolute Gasteiger partial charge is 0.261 e. The summed E-state index contributed by atoms with van der Waals surface area (Å²) in [6.45, 7) is 5.33. The van der Waals surface area contributed by atoms with Crippen molar-refractivity contribution in [1.29, 1.82) is 0 Å². The van der Waals surface area contributed by atoms with E-state index in [0.29, 0.717) is 11.1 Å². The zero-order valence-electron chi connectivity index (χ0n) is 28.6. The van der Waals surface area contributed by atoms with Crippen LogP contribution in [0.4, 0.5) is 0 Å². The maximum Gasteiger partial charge on any atom is 0.261 e. The normalized spacial score (nSPS) is 21.0. The maximum absolute atomic E-state index is 13.0. The lowest BCUT2D eigenvalue weighted by Crippen LogP contribution is -2.44. The highest BCUT2D eigenvalue weighted by molar-refractivity contribution is 6.21. The Balaban J connectivity index is 1.10. The molecule has 0 aromatic heterocycles. The van der Waals surface area contributed by atoms with Crippen LogP contribution in [0, 0.1) is 5.92 Å². The molecule has 0 aliphatic carbocycles. The molecule has 0 spiro atoms. The van der Waals surface area contributed by atoms with Crippen LogP contribution in [0.1, 0.15) is 80.8 Å². The number of fused-ring (bicyclic) bond motifs is 1. The van der Waals surface area contributed by atoms with Gasteiger partial charge in [-0.1, -0.05) is 116 Å². The molecule has 2 aliphatic heterocycles. The Morgan fingerprint density at radius 3 is 2.02 bits per heavy atom. The largest absolute Gasteiger partial charge is 0.392 e. The van der Waals surface area contributed by atoms with Crippen LogP contribution < -0.4 is 0 Å². The number of ether oxygens (including phenoxy) is 2. The first-order valence-electron chi connectivity index (χ1n) is 17.2. The van der Waals surface area contributed by atoms with Gasteiger partial charge in [0.1, 0.15) is 0 Å². The Bertz CT molecular complexity index is 1930.